The first-order valence-electron chi connectivity index (χ1n) is 6.09. The highest BCUT2D eigenvalue weighted by Crippen LogP contribution is 2.26. The Hall–Kier alpha value is -2.54. The number of nitrogens with zero attached hydrogens (tertiary/aromatic N) is 5. The minimum absolute atomic E-state index is 0.0544. The third-order valence-corrected chi connectivity index (χ3v) is 3.49. The molecule has 106 valence electrons. The van der Waals surface area contributed by atoms with Gasteiger partial charge in [0.25, 0.3) is 0 Å². The molecule has 3 rings (SSSR count). The maximum absolute atomic E-state index is 11.1. The molecule has 0 unspecified atom stereocenters. The fraction of sp³-hybridized carbons (Fsp3) is 0.154. The summed E-state index contributed by atoms with van der Waals surface area (Å²) in [6.07, 6.45) is 2.59. The summed E-state index contributed by atoms with van der Waals surface area (Å²) in [5.41, 5.74) is 3.41. The molecule has 0 atom stereocenters. The molecular weight excluding hydrogens is 294 g/mol. The fourth-order valence-electron chi connectivity index (χ4n) is 2.08. The first-order valence-corrected chi connectivity index (χ1v) is 6.47. The van der Waals surface area contributed by atoms with Crippen LogP contribution in [0.3, 0.4) is 0 Å². The van der Waals surface area contributed by atoms with Crippen molar-refractivity contribution in [1.29, 1.82) is 0 Å². The largest absolute Gasteiger partial charge is 0.330 e. The fourth-order valence-corrected chi connectivity index (χ4v) is 2.21. The Morgan fingerprint density at radius 3 is 2.67 bits per heavy atom. The molecule has 2 aromatic heterocycles. The molecule has 0 spiro atoms. The minimum Gasteiger partial charge on any atom is -0.277 e. The molecule has 0 bridgehead atoms. The second-order valence-corrected chi connectivity index (χ2v) is 4.98. The van der Waals surface area contributed by atoms with Crippen molar-refractivity contribution in [2.75, 3.05) is 0 Å². The average Bonchev–Trinajstić information content (AvgIpc) is 2.81. The van der Waals surface area contributed by atoms with Gasteiger partial charge in [-0.15, -0.1) is 0 Å². The summed E-state index contributed by atoms with van der Waals surface area (Å²) in [6.45, 7) is 3.95. The van der Waals surface area contributed by atoms with Gasteiger partial charge in [0.15, 0.2) is 0 Å². The van der Waals surface area contributed by atoms with Gasteiger partial charge in [-0.3, -0.25) is 14.7 Å². The number of fused-ring (bicyclic) bond motifs is 1. The van der Waals surface area contributed by atoms with Gasteiger partial charge in [-0.05, 0) is 48.7 Å². The van der Waals surface area contributed by atoms with Crippen LogP contribution >= 0.6 is 11.6 Å². The summed E-state index contributed by atoms with van der Waals surface area (Å²) in [4.78, 5) is 22.5. The highest BCUT2D eigenvalue weighted by Gasteiger charge is 2.20. The standard InChI is InChI=1S/C13H10ClN5O2/c1-7-3-9-10(4-8(7)2)18(6-16-9)12-11(19(20)21)5-15-13(14)17-12/h3-6H,1-2H3. The highest BCUT2D eigenvalue weighted by molar-refractivity contribution is 6.28. The molecule has 0 amide bonds. The number of hydrogen-bond donors (Lipinski definition) is 0. The number of rotatable bonds is 2. The van der Waals surface area contributed by atoms with E-state index in [0.29, 0.717) is 0 Å². The molecule has 0 N–H and O–H groups in total. The summed E-state index contributed by atoms with van der Waals surface area (Å²) in [7, 11) is 0. The number of halogens is 1. The molecule has 2 heterocycles. The van der Waals surface area contributed by atoms with E-state index in [9.17, 15) is 10.1 Å². The quantitative estimate of drug-likeness (QED) is 0.412. The van der Waals surface area contributed by atoms with E-state index in [0.717, 1.165) is 28.4 Å². The molecular formula is C13H10ClN5O2. The Balaban J connectivity index is 2.33. The predicted octanol–water partition coefficient (Wildman–Crippen LogP) is 2.99. The van der Waals surface area contributed by atoms with Crippen LogP contribution in [0.15, 0.2) is 24.7 Å². The maximum Gasteiger partial charge on any atom is 0.330 e. The molecule has 7 nitrogen and oxygen atoms in total. The van der Waals surface area contributed by atoms with Gasteiger partial charge in [0.2, 0.25) is 11.1 Å². The summed E-state index contributed by atoms with van der Waals surface area (Å²) in [6, 6.07) is 3.84. The Labute approximate surface area is 124 Å². The van der Waals surface area contributed by atoms with E-state index in [-0.39, 0.29) is 16.8 Å². The molecule has 0 radical (unpaired) electrons. The summed E-state index contributed by atoms with van der Waals surface area (Å²) in [5, 5.41) is 11.1. The van der Waals surface area contributed by atoms with Crippen LogP contribution in [0.1, 0.15) is 11.1 Å². The van der Waals surface area contributed by atoms with E-state index in [1.807, 2.05) is 26.0 Å². The number of nitro groups is 1. The summed E-state index contributed by atoms with van der Waals surface area (Å²) < 4.78 is 1.55. The van der Waals surface area contributed by atoms with Crippen LogP contribution in [0.2, 0.25) is 5.28 Å². The van der Waals surface area contributed by atoms with E-state index in [1.54, 1.807) is 4.57 Å². The zero-order valence-corrected chi connectivity index (χ0v) is 12.0. The lowest BCUT2D eigenvalue weighted by molar-refractivity contribution is -0.385. The van der Waals surface area contributed by atoms with Crippen LogP contribution in [0.4, 0.5) is 5.69 Å². The van der Waals surface area contributed by atoms with Crippen molar-refractivity contribution < 1.29 is 4.92 Å². The normalized spacial score (nSPS) is 11.0. The molecule has 0 aliphatic carbocycles. The van der Waals surface area contributed by atoms with Gasteiger partial charge < -0.3 is 0 Å². The van der Waals surface area contributed by atoms with Crippen LogP contribution in [-0.4, -0.2) is 24.4 Å². The zero-order valence-electron chi connectivity index (χ0n) is 11.2. The Bertz CT molecular complexity index is 874. The van der Waals surface area contributed by atoms with Crippen molar-refractivity contribution in [2.24, 2.45) is 0 Å². The Kier molecular flexibility index (Phi) is 3.06. The number of aromatic nitrogens is 4. The smallest absolute Gasteiger partial charge is 0.277 e. The SMILES string of the molecule is Cc1cc2ncn(-c3nc(Cl)ncc3[N+](=O)[O-])c2cc1C. The van der Waals surface area contributed by atoms with Crippen molar-refractivity contribution in [2.45, 2.75) is 13.8 Å². The molecule has 8 heteroatoms. The van der Waals surface area contributed by atoms with Crippen molar-refractivity contribution in [3.63, 3.8) is 0 Å². The second kappa shape index (κ2) is 4.78. The lowest BCUT2D eigenvalue weighted by Crippen LogP contribution is -2.03. The molecule has 0 saturated heterocycles. The third-order valence-electron chi connectivity index (χ3n) is 3.31. The molecule has 21 heavy (non-hydrogen) atoms. The summed E-state index contributed by atoms with van der Waals surface area (Å²) >= 11 is 5.77. The molecule has 3 aromatic rings. The van der Waals surface area contributed by atoms with Crippen LogP contribution in [0, 0.1) is 24.0 Å². The van der Waals surface area contributed by atoms with Gasteiger partial charge in [-0.1, -0.05) is 0 Å². The highest BCUT2D eigenvalue weighted by atomic mass is 35.5. The molecule has 0 aliphatic rings. The van der Waals surface area contributed by atoms with Crippen molar-refractivity contribution >= 4 is 28.3 Å². The molecule has 0 fully saturated rings. The second-order valence-electron chi connectivity index (χ2n) is 4.64. The van der Waals surface area contributed by atoms with E-state index in [2.05, 4.69) is 15.0 Å². The van der Waals surface area contributed by atoms with Gasteiger partial charge in [-0.25, -0.2) is 9.97 Å². The van der Waals surface area contributed by atoms with Crippen LogP contribution in [-0.2, 0) is 0 Å². The number of aryl methyl sites for hydroxylation is 2. The molecule has 0 saturated carbocycles. The molecule has 1 aromatic carbocycles. The average molecular weight is 304 g/mol. The Morgan fingerprint density at radius 1 is 1.24 bits per heavy atom. The van der Waals surface area contributed by atoms with E-state index in [4.69, 9.17) is 11.6 Å². The maximum atomic E-state index is 11.1. The first-order chi connectivity index (χ1) is 9.97. The topological polar surface area (TPSA) is 86.7 Å². The lowest BCUT2D eigenvalue weighted by atomic mass is 10.1. The number of benzene rings is 1. The molecule has 0 aliphatic heterocycles. The third kappa shape index (κ3) is 2.21. The van der Waals surface area contributed by atoms with Crippen molar-refractivity contribution in [1.82, 2.24) is 19.5 Å². The van der Waals surface area contributed by atoms with E-state index >= 15 is 0 Å². The van der Waals surface area contributed by atoms with Gasteiger partial charge in [-0.2, -0.15) is 4.98 Å². The van der Waals surface area contributed by atoms with Gasteiger partial charge >= 0.3 is 5.69 Å². The monoisotopic (exact) mass is 303 g/mol. The van der Waals surface area contributed by atoms with Crippen LogP contribution in [0.5, 0.6) is 0 Å². The van der Waals surface area contributed by atoms with Gasteiger partial charge in [0.05, 0.1) is 16.0 Å². The van der Waals surface area contributed by atoms with Gasteiger partial charge in [0, 0.05) is 0 Å². The number of imidazole rings is 1. The Morgan fingerprint density at radius 2 is 1.95 bits per heavy atom. The van der Waals surface area contributed by atoms with Crippen LogP contribution in [0.25, 0.3) is 16.9 Å². The first kappa shape index (κ1) is 13.4. The van der Waals surface area contributed by atoms with Crippen molar-refractivity contribution in [3.05, 3.63) is 51.2 Å². The lowest BCUT2D eigenvalue weighted by Gasteiger charge is -2.06. The summed E-state index contributed by atoms with van der Waals surface area (Å²) in [5.74, 6) is 0.103. The van der Waals surface area contributed by atoms with E-state index < -0.39 is 4.92 Å². The van der Waals surface area contributed by atoms with Crippen molar-refractivity contribution in [3.8, 4) is 5.82 Å². The zero-order chi connectivity index (χ0) is 15.1. The van der Waals surface area contributed by atoms with Gasteiger partial charge in [0.1, 0.15) is 12.5 Å². The van der Waals surface area contributed by atoms with E-state index in [1.165, 1.54) is 6.33 Å². The predicted molar refractivity (Wildman–Crippen MR) is 77.8 cm³/mol. The number of hydrogen-bond acceptors (Lipinski definition) is 5. The van der Waals surface area contributed by atoms with Crippen LogP contribution < -0.4 is 0 Å². The minimum atomic E-state index is -0.543.